The summed E-state index contributed by atoms with van der Waals surface area (Å²) >= 11 is 0. The lowest BCUT2D eigenvalue weighted by Gasteiger charge is -2.01. The van der Waals surface area contributed by atoms with Gasteiger partial charge in [0.1, 0.15) is 12.4 Å². The Balaban J connectivity index is 0.000000296. The molecule has 0 aliphatic rings. The Hall–Kier alpha value is -3.38. The topological polar surface area (TPSA) is 82.1 Å². The van der Waals surface area contributed by atoms with Crippen molar-refractivity contribution in [1.82, 2.24) is 0 Å². The van der Waals surface area contributed by atoms with Gasteiger partial charge in [-0.25, -0.2) is 9.59 Å². The molecule has 0 radical (unpaired) electrons. The van der Waals surface area contributed by atoms with E-state index in [1.54, 1.807) is 37.5 Å². The largest absolute Gasteiger partial charge is 0.497 e. The summed E-state index contributed by atoms with van der Waals surface area (Å²) in [6.07, 6.45) is 5.77. The van der Waals surface area contributed by atoms with Crippen molar-refractivity contribution in [2.45, 2.75) is 6.92 Å². The van der Waals surface area contributed by atoms with Crippen LogP contribution in [0.3, 0.4) is 0 Å². The summed E-state index contributed by atoms with van der Waals surface area (Å²) in [6, 6.07) is 16.7. The number of benzene rings is 2. The number of carboxylic acids is 1. The molecule has 1 N–H and O–H groups in total. The molecule has 0 unspecified atom stereocenters. The average molecular weight is 398 g/mol. The Bertz CT molecular complexity index is 779. The molecular weight excluding hydrogens is 372 g/mol. The highest BCUT2D eigenvalue weighted by Gasteiger charge is 1.96. The van der Waals surface area contributed by atoms with Crippen LogP contribution in [0.25, 0.3) is 12.2 Å². The monoisotopic (exact) mass is 398 g/mol. The van der Waals surface area contributed by atoms with E-state index in [0.29, 0.717) is 19.8 Å². The first-order valence-corrected chi connectivity index (χ1v) is 9.07. The van der Waals surface area contributed by atoms with Crippen molar-refractivity contribution in [2.24, 2.45) is 0 Å². The van der Waals surface area contributed by atoms with Crippen molar-refractivity contribution < 1.29 is 28.9 Å². The highest BCUT2D eigenvalue weighted by Crippen LogP contribution is 2.12. The zero-order valence-electron chi connectivity index (χ0n) is 16.6. The number of carbonyl (C=O) groups excluding carboxylic acids is 1. The van der Waals surface area contributed by atoms with Crippen LogP contribution in [0.2, 0.25) is 0 Å². The van der Waals surface area contributed by atoms with Gasteiger partial charge in [-0.2, -0.15) is 0 Å². The molecule has 0 fully saturated rings. The van der Waals surface area contributed by atoms with Crippen molar-refractivity contribution in [3.63, 3.8) is 0 Å². The van der Waals surface area contributed by atoms with Crippen molar-refractivity contribution >= 4 is 24.1 Å². The average Bonchev–Trinajstić information content (AvgIpc) is 2.75. The van der Waals surface area contributed by atoms with Crippen LogP contribution < -0.4 is 4.74 Å². The summed E-state index contributed by atoms with van der Waals surface area (Å²) in [6.45, 7) is 3.28. The minimum absolute atomic E-state index is 0.297. The first kappa shape index (κ1) is 23.7. The Morgan fingerprint density at radius 1 is 0.897 bits per heavy atom. The Kier molecular flexibility index (Phi) is 12.0. The third-order valence-electron chi connectivity index (χ3n) is 3.42. The molecule has 0 amide bonds. The van der Waals surface area contributed by atoms with E-state index in [9.17, 15) is 9.59 Å². The lowest BCUT2D eigenvalue weighted by atomic mass is 10.2. The molecule has 0 aliphatic carbocycles. The molecule has 0 saturated carbocycles. The zero-order valence-corrected chi connectivity index (χ0v) is 16.6. The van der Waals surface area contributed by atoms with Gasteiger partial charge in [-0.3, -0.25) is 0 Å². The summed E-state index contributed by atoms with van der Waals surface area (Å²) in [7, 11) is 1.59. The lowest BCUT2D eigenvalue weighted by Crippen LogP contribution is -2.08. The van der Waals surface area contributed by atoms with Gasteiger partial charge in [0.25, 0.3) is 0 Å². The lowest BCUT2D eigenvalue weighted by molar-refractivity contribution is -0.139. The number of hydrogen-bond donors (Lipinski definition) is 1. The van der Waals surface area contributed by atoms with Gasteiger partial charge in [0.15, 0.2) is 0 Å². The molecule has 6 heteroatoms. The molecule has 2 aromatic rings. The van der Waals surface area contributed by atoms with Gasteiger partial charge in [0.05, 0.1) is 13.7 Å². The smallest absolute Gasteiger partial charge is 0.330 e. The van der Waals surface area contributed by atoms with Crippen LogP contribution in [-0.4, -0.2) is 44.0 Å². The van der Waals surface area contributed by atoms with Gasteiger partial charge in [-0.15, -0.1) is 0 Å². The van der Waals surface area contributed by atoms with Crippen LogP contribution in [0, 0.1) is 0 Å². The van der Waals surface area contributed by atoms with Crippen LogP contribution in [-0.2, 0) is 19.1 Å². The van der Waals surface area contributed by atoms with Gasteiger partial charge in [-0.1, -0.05) is 42.5 Å². The summed E-state index contributed by atoms with van der Waals surface area (Å²) < 4.78 is 14.9. The van der Waals surface area contributed by atoms with E-state index in [1.807, 2.05) is 37.3 Å². The summed E-state index contributed by atoms with van der Waals surface area (Å²) in [5.41, 5.74) is 1.81. The third-order valence-corrected chi connectivity index (χ3v) is 3.42. The molecule has 0 atom stereocenters. The molecule has 0 heterocycles. The number of rotatable bonds is 9. The van der Waals surface area contributed by atoms with E-state index >= 15 is 0 Å². The standard InChI is InChI=1S/C13H16O3.C10H10O3/c1-2-15-10-11-16-13(14)9-8-12-6-4-3-5-7-12;1-13-9-5-2-8(3-6-9)4-7-10(11)12/h3-9H,2,10-11H2,1H3;2-7H,1H3,(H,11,12)/b9-8+;7-4+. The van der Waals surface area contributed by atoms with Crippen LogP contribution in [0.5, 0.6) is 5.75 Å². The molecule has 0 spiro atoms. The first-order valence-electron chi connectivity index (χ1n) is 9.07. The SMILES string of the molecule is CCOCCOC(=O)/C=C/c1ccccc1.COc1ccc(/C=C/C(=O)O)cc1. The first-order chi connectivity index (χ1) is 14.0. The van der Waals surface area contributed by atoms with Crippen LogP contribution in [0.4, 0.5) is 0 Å². The van der Waals surface area contributed by atoms with E-state index < -0.39 is 5.97 Å². The minimum atomic E-state index is -0.948. The summed E-state index contributed by atoms with van der Waals surface area (Å²) in [5.74, 6) is -0.535. The fourth-order valence-corrected chi connectivity index (χ4v) is 2.00. The van der Waals surface area contributed by atoms with E-state index in [2.05, 4.69) is 0 Å². The Morgan fingerprint density at radius 2 is 1.52 bits per heavy atom. The normalized spacial score (nSPS) is 10.4. The van der Waals surface area contributed by atoms with Gasteiger partial charge in [-0.05, 0) is 42.3 Å². The number of carboxylic acid groups (broad SMARTS) is 1. The number of carbonyl (C=O) groups is 2. The second-order valence-corrected chi connectivity index (χ2v) is 5.55. The van der Waals surface area contributed by atoms with Gasteiger partial charge < -0.3 is 19.3 Å². The van der Waals surface area contributed by atoms with Crippen molar-refractivity contribution in [3.8, 4) is 5.75 Å². The van der Waals surface area contributed by atoms with Gasteiger partial charge >= 0.3 is 11.9 Å². The number of hydrogen-bond acceptors (Lipinski definition) is 5. The predicted octanol–water partition coefficient (Wildman–Crippen LogP) is 4.07. The number of esters is 1. The molecule has 6 nitrogen and oxygen atoms in total. The quantitative estimate of drug-likeness (QED) is 0.389. The third kappa shape index (κ3) is 11.8. The van der Waals surface area contributed by atoms with Crippen molar-refractivity contribution in [2.75, 3.05) is 26.9 Å². The molecule has 0 saturated heterocycles. The molecule has 0 aliphatic heterocycles. The molecular formula is C23H26O6. The fourth-order valence-electron chi connectivity index (χ4n) is 2.00. The van der Waals surface area contributed by atoms with Crippen LogP contribution >= 0.6 is 0 Å². The minimum Gasteiger partial charge on any atom is -0.497 e. The molecule has 2 rings (SSSR count). The second kappa shape index (κ2) is 14.6. The molecule has 154 valence electrons. The van der Waals surface area contributed by atoms with Gasteiger partial charge in [0.2, 0.25) is 0 Å². The Morgan fingerprint density at radius 3 is 2.10 bits per heavy atom. The fraction of sp³-hybridized carbons (Fsp3) is 0.217. The number of aliphatic carboxylic acids is 1. The van der Waals surface area contributed by atoms with Crippen LogP contribution in [0.15, 0.2) is 66.7 Å². The van der Waals surface area contributed by atoms with E-state index in [-0.39, 0.29) is 5.97 Å². The molecule has 0 aromatic heterocycles. The van der Waals surface area contributed by atoms with Crippen molar-refractivity contribution in [3.05, 3.63) is 77.9 Å². The number of methoxy groups -OCH3 is 1. The maximum atomic E-state index is 11.2. The molecule has 29 heavy (non-hydrogen) atoms. The van der Waals surface area contributed by atoms with E-state index in [1.165, 1.54) is 12.2 Å². The van der Waals surface area contributed by atoms with E-state index in [0.717, 1.165) is 23.0 Å². The summed E-state index contributed by atoms with van der Waals surface area (Å²) in [5, 5.41) is 8.36. The zero-order chi connectivity index (χ0) is 21.3. The molecule has 0 bridgehead atoms. The Labute approximate surface area is 171 Å². The maximum absolute atomic E-state index is 11.2. The highest BCUT2D eigenvalue weighted by molar-refractivity contribution is 5.87. The highest BCUT2D eigenvalue weighted by atomic mass is 16.6. The van der Waals surface area contributed by atoms with Crippen molar-refractivity contribution in [1.29, 1.82) is 0 Å². The summed E-state index contributed by atoms with van der Waals surface area (Å²) in [4.78, 5) is 21.4. The predicted molar refractivity (Wildman–Crippen MR) is 113 cm³/mol. The molecule has 2 aromatic carbocycles. The maximum Gasteiger partial charge on any atom is 0.330 e. The second-order valence-electron chi connectivity index (χ2n) is 5.55. The van der Waals surface area contributed by atoms with Crippen LogP contribution in [0.1, 0.15) is 18.1 Å². The number of ether oxygens (including phenoxy) is 3. The van der Waals surface area contributed by atoms with Gasteiger partial charge in [0, 0.05) is 18.8 Å². The van der Waals surface area contributed by atoms with E-state index in [4.69, 9.17) is 19.3 Å².